The van der Waals surface area contributed by atoms with Gasteiger partial charge >= 0.3 is 29.6 Å². The first-order chi connectivity index (χ1) is 4.47. The maximum absolute atomic E-state index is 4.00. The van der Waals surface area contributed by atoms with E-state index < -0.39 is 0 Å². The van der Waals surface area contributed by atoms with Crippen LogP contribution in [0.3, 0.4) is 0 Å². The summed E-state index contributed by atoms with van der Waals surface area (Å²) in [5.74, 6) is 0. The molecule has 0 amide bonds. The fourth-order valence-electron chi connectivity index (χ4n) is 0.775. The van der Waals surface area contributed by atoms with Crippen LogP contribution < -0.4 is 0 Å². The van der Waals surface area contributed by atoms with Crippen molar-refractivity contribution >= 4 is 40.7 Å². The third-order valence-corrected chi connectivity index (χ3v) is 1.19. The Morgan fingerprint density at radius 3 is 3.00 bits per heavy atom. The smallest absolute Gasteiger partial charge is 0.177 e. The number of hydrogen-bond donors (Lipinski definition) is 1. The summed E-state index contributed by atoms with van der Waals surface area (Å²) in [5.41, 5.74) is 1.76. The molecule has 46 valence electrons. The number of pyridine rings is 1. The molecule has 0 aromatic carbocycles. The van der Waals surface area contributed by atoms with Crippen molar-refractivity contribution in [1.29, 1.82) is 0 Å². The number of fused-ring (bicyclic) bond motifs is 1. The van der Waals surface area contributed by atoms with Crippen LogP contribution in [0.5, 0.6) is 0 Å². The van der Waals surface area contributed by atoms with Crippen LogP contribution in [-0.4, -0.2) is 44.5 Å². The van der Waals surface area contributed by atoms with E-state index in [0.717, 1.165) is 11.2 Å². The Bertz CT molecular complexity index is 287. The summed E-state index contributed by atoms with van der Waals surface area (Å²) < 4.78 is 0. The van der Waals surface area contributed by atoms with Crippen LogP contribution in [0.1, 0.15) is 0 Å². The molecule has 4 heteroatoms. The summed E-state index contributed by atoms with van der Waals surface area (Å²) in [6, 6.07) is 3.82. The molecule has 0 aliphatic heterocycles. The van der Waals surface area contributed by atoms with E-state index in [0.29, 0.717) is 0 Å². The molecule has 0 aliphatic carbocycles. The van der Waals surface area contributed by atoms with Gasteiger partial charge in [0.25, 0.3) is 0 Å². The summed E-state index contributed by atoms with van der Waals surface area (Å²) >= 11 is 0. The average Bonchev–Trinajstić information content (AvgIpc) is 2.33. The molecule has 0 fully saturated rings. The second-order valence-electron chi connectivity index (χ2n) is 1.78. The number of hydrogen-bond acceptors (Lipinski definition) is 2. The molecular weight excluding hydrogens is 137 g/mol. The van der Waals surface area contributed by atoms with Gasteiger partial charge in [0.05, 0.1) is 11.8 Å². The fourth-order valence-corrected chi connectivity index (χ4v) is 0.775. The largest absolute Gasteiger partial charge is 0.343 e. The molecule has 2 rings (SSSR count). The first-order valence-corrected chi connectivity index (χ1v) is 2.71. The minimum atomic E-state index is 0. The van der Waals surface area contributed by atoms with Gasteiger partial charge in [-0.2, -0.15) is 0 Å². The predicted molar refractivity (Wildman–Crippen MR) is 41.0 cm³/mol. The second kappa shape index (κ2) is 3.14. The maximum atomic E-state index is 4.00. The SMILES string of the molecule is [NaH].c1cnc2nc[nH]c2c1. The van der Waals surface area contributed by atoms with E-state index in [9.17, 15) is 0 Å². The molecule has 0 radical (unpaired) electrons. The van der Waals surface area contributed by atoms with Gasteiger partial charge in [0.15, 0.2) is 5.65 Å². The molecule has 3 nitrogen and oxygen atoms in total. The van der Waals surface area contributed by atoms with Crippen molar-refractivity contribution < 1.29 is 0 Å². The Morgan fingerprint density at radius 2 is 2.20 bits per heavy atom. The van der Waals surface area contributed by atoms with Crippen LogP contribution in [0.2, 0.25) is 0 Å². The fraction of sp³-hybridized carbons (Fsp3) is 0. The first-order valence-electron chi connectivity index (χ1n) is 2.71. The minimum Gasteiger partial charge on any atom is -0.343 e. The molecule has 1 N–H and O–H groups in total. The van der Waals surface area contributed by atoms with E-state index in [-0.39, 0.29) is 29.6 Å². The first kappa shape index (κ1) is 7.72. The summed E-state index contributed by atoms with van der Waals surface area (Å²) in [4.78, 5) is 10.9. The van der Waals surface area contributed by atoms with Crippen molar-refractivity contribution in [2.75, 3.05) is 0 Å². The van der Waals surface area contributed by atoms with Crippen LogP contribution in [0.15, 0.2) is 24.7 Å². The minimum absolute atomic E-state index is 0. The maximum Gasteiger partial charge on any atom is 0.177 e. The number of H-pyrrole nitrogens is 1. The van der Waals surface area contributed by atoms with E-state index in [1.54, 1.807) is 12.5 Å². The van der Waals surface area contributed by atoms with Gasteiger partial charge in [0.2, 0.25) is 0 Å². The van der Waals surface area contributed by atoms with Crippen molar-refractivity contribution in [2.24, 2.45) is 0 Å². The van der Waals surface area contributed by atoms with Crippen LogP contribution >= 0.6 is 0 Å². The normalized spacial score (nSPS) is 9.20. The molecule has 2 aromatic rings. The Labute approximate surface area is 80.2 Å². The van der Waals surface area contributed by atoms with E-state index in [4.69, 9.17) is 0 Å². The number of imidazole rings is 1. The molecular formula is C6H6N3Na. The molecule has 0 spiro atoms. The van der Waals surface area contributed by atoms with Crippen molar-refractivity contribution in [3.05, 3.63) is 24.7 Å². The molecule has 2 heterocycles. The second-order valence-corrected chi connectivity index (χ2v) is 1.78. The summed E-state index contributed by atoms with van der Waals surface area (Å²) in [5, 5.41) is 0. The topological polar surface area (TPSA) is 41.6 Å². The summed E-state index contributed by atoms with van der Waals surface area (Å²) in [6.07, 6.45) is 3.36. The standard InChI is InChI=1S/C6H5N3.Na.H/c1-2-5-6(7-3-1)9-4-8-5;;/h1-4H,(H,7,8,9);;. The Kier molecular flexibility index (Phi) is 2.43. The number of aromatic nitrogens is 3. The van der Waals surface area contributed by atoms with Gasteiger partial charge in [-0.15, -0.1) is 0 Å². The van der Waals surface area contributed by atoms with Gasteiger partial charge < -0.3 is 4.98 Å². The van der Waals surface area contributed by atoms with Gasteiger partial charge in [0, 0.05) is 6.20 Å². The van der Waals surface area contributed by atoms with E-state index in [1.807, 2.05) is 12.1 Å². The third-order valence-electron chi connectivity index (χ3n) is 1.19. The number of nitrogens with zero attached hydrogens (tertiary/aromatic N) is 2. The van der Waals surface area contributed by atoms with Crippen molar-refractivity contribution in [3.63, 3.8) is 0 Å². The molecule has 0 saturated carbocycles. The molecule has 10 heavy (non-hydrogen) atoms. The van der Waals surface area contributed by atoms with Gasteiger partial charge in [-0.3, -0.25) is 0 Å². The Hall–Kier alpha value is -0.380. The van der Waals surface area contributed by atoms with Crippen LogP contribution in [0.4, 0.5) is 0 Å². The van der Waals surface area contributed by atoms with Gasteiger partial charge in [0.1, 0.15) is 0 Å². The average molecular weight is 143 g/mol. The van der Waals surface area contributed by atoms with E-state index in [1.165, 1.54) is 0 Å². The molecule has 0 saturated heterocycles. The molecule has 2 aromatic heterocycles. The predicted octanol–water partition coefficient (Wildman–Crippen LogP) is 0.309. The number of aromatic amines is 1. The van der Waals surface area contributed by atoms with Gasteiger partial charge in [-0.25, -0.2) is 9.97 Å². The van der Waals surface area contributed by atoms with Gasteiger partial charge in [-0.05, 0) is 12.1 Å². The zero-order valence-corrected chi connectivity index (χ0v) is 4.70. The monoisotopic (exact) mass is 143 g/mol. The quantitative estimate of drug-likeness (QED) is 0.539. The Morgan fingerprint density at radius 1 is 1.30 bits per heavy atom. The molecule has 0 atom stereocenters. The number of nitrogens with one attached hydrogen (secondary N) is 1. The van der Waals surface area contributed by atoms with E-state index in [2.05, 4.69) is 15.0 Å². The molecule has 0 bridgehead atoms. The zero-order chi connectivity index (χ0) is 6.10. The van der Waals surface area contributed by atoms with Crippen molar-refractivity contribution in [3.8, 4) is 0 Å². The third kappa shape index (κ3) is 1.21. The van der Waals surface area contributed by atoms with Crippen LogP contribution in [-0.2, 0) is 0 Å². The zero-order valence-electron chi connectivity index (χ0n) is 4.70. The van der Waals surface area contributed by atoms with Crippen molar-refractivity contribution in [2.45, 2.75) is 0 Å². The summed E-state index contributed by atoms with van der Waals surface area (Å²) in [7, 11) is 0. The van der Waals surface area contributed by atoms with Crippen molar-refractivity contribution in [1.82, 2.24) is 15.0 Å². The molecule has 0 unspecified atom stereocenters. The van der Waals surface area contributed by atoms with Crippen LogP contribution in [0.25, 0.3) is 11.2 Å². The number of rotatable bonds is 0. The van der Waals surface area contributed by atoms with E-state index >= 15 is 0 Å². The molecule has 0 aliphatic rings. The van der Waals surface area contributed by atoms with Crippen LogP contribution in [0, 0.1) is 0 Å². The Balaban J connectivity index is 0.000000500. The van der Waals surface area contributed by atoms with Gasteiger partial charge in [-0.1, -0.05) is 0 Å². The summed E-state index contributed by atoms with van der Waals surface area (Å²) in [6.45, 7) is 0.